The Hall–Kier alpha value is -1.13. The first-order valence-electron chi connectivity index (χ1n) is 7.49. The molecule has 2 N–H and O–H groups in total. The molecule has 20 heavy (non-hydrogen) atoms. The van der Waals surface area contributed by atoms with E-state index in [1.54, 1.807) is 0 Å². The lowest BCUT2D eigenvalue weighted by Crippen LogP contribution is -2.39. The van der Waals surface area contributed by atoms with Crippen molar-refractivity contribution in [3.05, 3.63) is 29.3 Å². The first-order chi connectivity index (χ1) is 9.65. The highest BCUT2D eigenvalue weighted by Gasteiger charge is 2.09. The first-order valence-corrected chi connectivity index (χ1v) is 7.90. The highest BCUT2D eigenvalue weighted by Crippen LogP contribution is 2.15. The number of benzene rings is 1. The third-order valence-electron chi connectivity index (χ3n) is 3.79. The van der Waals surface area contributed by atoms with Crippen molar-refractivity contribution in [2.75, 3.05) is 31.5 Å². The van der Waals surface area contributed by atoms with Crippen LogP contribution in [0.25, 0.3) is 0 Å². The number of rotatable bonds is 4. The van der Waals surface area contributed by atoms with E-state index in [0.717, 1.165) is 18.8 Å². The van der Waals surface area contributed by atoms with Crippen molar-refractivity contribution >= 4 is 23.0 Å². The van der Waals surface area contributed by atoms with E-state index in [2.05, 4.69) is 47.6 Å². The predicted molar refractivity (Wildman–Crippen MR) is 90.4 cm³/mol. The quantitative estimate of drug-likeness (QED) is 0.834. The van der Waals surface area contributed by atoms with Gasteiger partial charge in [-0.2, -0.15) is 0 Å². The number of anilines is 1. The van der Waals surface area contributed by atoms with E-state index in [9.17, 15) is 0 Å². The zero-order valence-electron chi connectivity index (χ0n) is 12.5. The Balaban J connectivity index is 1.72. The summed E-state index contributed by atoms with van der Waals surface area (Å²) in [5, 5.41) is 7.29. The molecule has 2 rings (SSSR count). The minimum absolute atomic E-state index is 0.717. The van der Waals surface area contributed by atoms with Crippen molar-refractivity contribution in [2.24, 2.45) is 0 Å². The standard InChI is InChI=1S/C16H25N3S/c1-13-6-7-15(14(2)12-13)18-16(20)17-8-11-19-9-4-3-5-10-19/h6-7,12H,3-5,8-11H2,1-2H3,(H2,17,18,20). The monoisotopic (exact) mass is 291 g/mol. The molecular formula is C16H25N3S. The maximum Gasteiger partial charge on any atom is 0.170 e. The van der Waals surface area contributed by atoms with Crippen LogP contribution in [-0.4, -0.2) is 36.2 Å². The Morgan fingerprint density at radius 3 is 2.65 bits per heavy atom. The maximum atomic E-state index is 5.35. The molecule has 0 bridgehead atoms. The third kappa shape index (κ3) is 4.76. The van der Waals surface area contributed by atoms with Gasteiger partial charge in [0.2, 0.25) is 0 Å². The summed E-state index contributed by atoms with van der Waals surface area (Å²) >= 11 is 5.35. The number of thiocarbonyl (C=S) groups is 1. The average Bonchev–Trinajstić information content (AvgIpc) is 2.43. The van der Waals surface area contributed by atoms with Gasteiger partial charge in [-0.15, -0.1) is 0 Å². The number of hydrogen-bond acceptors (Lipinski definition) is 2. The van der Waals surface area contributed by atoms with Crippen LogP contribution in [0.3, 0.4) is 0 Å². The van der Waals surface area contributed by atoms with Crippen LogP contribution in [-0.2, 0) is 0 Å². The van der Waals surface area contributed by atoms with E-state index in [4.69, 9.17) is 12.2 Å². The van der Waals surface area contributed by atoms with Crippen molar-refractivity contribution in [3.63, 3.8) is 0 Å². The molecular weight excluding hydrogens is 266 g/mol. The van der Waals surface area contributed by atoms with Gasteiger partial charge in [0.05, 0.1) is 0 Å². The lowest BCUT2D eigenvalue weighted by Gasteiger charge is -2.26. The summed E-state index contributed by atoms with van der Waals surface area (Å²) in [5.74, 6) is 0. The summed E-state index contributed by atoms with van der Waals surface area (Å²) in [6.45, 7) is 8.67. The third-order valence-corrected chi connectivity index (χ3v) is 4.04. The van der Waals surface area contributed by atoms with Gasteiger partial charge in [0.25, 0.3) is 0 Å². The number of piperidine rings is 1. The van der Waals surface area contributed by atoms with E-state index < -0.39 is 0 Å². The highest BCUT2D eigenvalue weighted by atomic mass is 32.1. The lowest BCUT2D eigenvalue weighted by atomic mass is 10.1. The second kappa shape index (κ2) is 7.60. The number of hydrogen-bond donors (Lipinski definition) is 2. The fraction of sp³-hybridized carbons (Fsp3) is 0.562. The predicted octanol–water partition coefficient (Wildman–Crippen LogP) is 3.08. The maximum absolute atomic E-state index is 5.35. The molecule has 1 saturated heterocycles. The van der Waals surface area contributed by atoms with Crippen LogP contribution in [0.4, 0.5) is 5.69 Å². The van der Waals surface area contributed by atoms with Crippen LogP contribution >= 0.6 is 12.2 Å². The number of aryl methyl sites for hydroxylation is 2. The second-order valence-electron chi connectivity index (χ2n) is 5.60. The fourth-order valence-electron chi connectivity index (χ4n) is 2.63. The van der Waals surface area contributed by atoms with Crippen molar-refractivity contribution in [1.82, 2.24) is 10.2 Å². The number of nitrogens with zero attached hydrogens (tertiary/aromatic N) is 1. The molecule has 1 aliphatic rings. The van der Waals surface area contributed by atoms with E-state index in [1.807, 2.05) is 0 Å². The van der Waals surface area contributed by atoms with Gasteiger partial charge in [-0.1, -0.05) is 24.1 Å². The second-order valence-corrected chi connectivity index (χ2v) is 6.01. The Labute approximate surface area is 127 Å². The first kappa shape index (κ1) is 15.3. The van der Waals surface area contributed by atoms with Crippen LogP contribution < -0.4 is 10.6 Å². The Morgan fingerprint density at radius 1 is 1.20 bits per heavy atom. The summed E-state index contributed by atoms with van der Waals surface area (Å²) in [7, 11) is 0. The smallest absolute Gasteiger partial charge is 0.170 e. The Kier molecular flexibility index (Phi) is 5.80. The Morgan fingerprint density at radius 2 is 1.95 bits per heavy atom. The van der Waals surface area contributed by atoms with Crippen molar-refractivity contribution in [3.8, 4) is 0 Å². The molecule has 0 aliphatic carbocycles. The van der Waals surface area contributed by atoms with E-state index in [0.29, 0.717) is 5.11 Å². The molecule has 1 aliphatic heterocycles. The molecule has 0 unspecified atom stereocenters. The molecule has 0 radical (unpaired) electrons. The van der Waals surface area contributed by atoms with E-state index in [1.165, 1.54) is 43.5 Å². The molecule has 1 heterocycles. The minimum Gasteiger partial charge on any atom is -0.361 e. The molecule has 1 aromatic rings. The van der Waals surface area contributed by atoms with Crippen molar-refractivity contribution < 1.29 is 0 Å². The van der Waals surface area contributed by atoms with Crippen molar-refractivity contribution in [2.45, 2.75) is 33.1 Å². The normalized spacial score (nSPS) is 15.9. The minimum atomic E-state index is 0.717. The van der Waals surface area contributed by atoms with Gasteiger partial charge in [-0.05, 0) is 63.6 Å². The summed E-state index contributed by atoms with van der Waals surface area (Å²) in [4.78, 5) is 2.51. The van der Waals surface area contributed by atoms with Crippen molar-refractivity contribution in [1.29, 1.82) is 0 Å². The molecule has 0 spiro atoms. The molecule has 4 heteroatoms. The topological polar surface area (TPSA) is 27.3 Å². The van der Waals surface area contributed by atoms with Crippen LogP contribution in [0.2, 0.25) is 0 Å². The largest absolute Gasteiger partial charge is 0.361 e. The molecule has 3 nitrogen and oxygen atoms in total. The van der Waals surface area contributed by atoms with Gasteiger partial charge in [0, 0.05) is 18.8 Å². The summed E-state index contributed by atoms with van der Waals surface area (Å²) in [6.07, 6.45) is 4.06. The average molecular weight is 291 g/mol. The molecule has 0 atom stereocenters. The summed E-state index contributed by atoms with van der Waals surface area (Å²) < 4.78 is 0. The SMILES string of the molecule is Cc1ccc(NC(=S)NCCN2CCCCC2)c(C)c1. The Bertz CT molecular complexity index is 453. The van der Waals surface area contributed by atoms with Gasteiger partial charge in [-0.3, -0.25) is 0 Å². The summed E-state index contributed by atoms with van der Waals surface area (Å²) in [6, 6.07) is 6.35. The van der Waals surface area contributed by atoms with Crippen LogP contribution in [0.1, 0.15) is 30.4 Å². The van der Waals surface area contributed by atoms with E-state index >= 15 is 0 Å². The zero-order valence-corrected chi connectivity index (χ0v) is 13.4. The van der Waals surface area contributed by atoms with Crippen LogP contribution in [0, 0.1) is 13.8 Å². The highest BCUT2D eigenvalue weighted by molar-refractivity contribution is 7.80. The zero-order chi connectivity index (χ0) is 14.4. The van der Waals surface area contributed by atoms with Crippen LogP contribution in [0.5, 0.6) is 0 Å². The molecule has 0 aromatic heterocycles. The van der Waals surface area contributed by atoms with Gasteiger partial charge < -0.3 is 15.5 Å². The number of likely N-dealkylation sites (tertiary alicyclic amines) is 1. The molecule has 110 valence electrons. The van der Waals surface area contributed by atoms with Gasteiger partial charge >= 0.3 is 0 Å². The fourth-order valence-corrected chi connectivity index (χ4v) is 2.84. The van der Waals surface area contributed by atoms with E-state index in [-0.39, 0.29) is 0 Å². The van der Waals surface area contributed by atoms with Gasteiger partial charge in [-0.25, -0.2) is 0 Å². The lowest BCUT2D eigenvalue weighted by molar-refractivity contribution is 0.232. The molecule has 0 saturated carbocycles. The molecule has 0 amide bonds. The number of nitrogens with one attached hydrogen (secondary N) is 2. The molecule has 1 fully saturated rings. The molecule has 1 aromatic carbocycles. The van der Waals surface area contributed by atoms with Crippen LogP contribution in [0.15, 0.2) is 18.2 Å². The van der Waals surface area contributed by atoms with Gasteiger partial charge in [0.15, 0.2) is 5.11 Å². The van der Waals surface area contributed by atoms with Gasteiger partial charge in [0.1, 0.15) is 0 Å². The summed E-state index contributed by atoms with van der Waals surface area (Å²) in [5.41, 5.74) is 3.59.